The van der Waals surface area contributed by atoms with Crippen LogP contribution in [0.5, 0.6) is 0 Å². The van der Waals surface area contributed by atoms with E-state index in [1.54, 1.807) is 13.0 Å². The normalized spacial score (nSPS) is 12.3. The molecule has 0 fully saturated rings. The fourth-order valence-corrected chi connectivity index (χ4v) is 3.33. The molecular formula is C23H28FN3. The summed E-state index contributed by atoms with van der Waals surface area (Å²) in [5.74, 6) is -0.116. The van der Waals surface area contributed by atoms with Crippen molar-refractivity contribution in [1.82, 2.24) is 15.1 Å². The molecule has 0 aliphatic carbocycles. The van der Waals surface area contributed by atoms with Crippen LogP contribution in [-0.4, -0.2) is 22.4 Å². The van der Waals surface area contributed by atoms with Crippen LogP contribution in [0.4, 0.5) is 4.39 Å². The molecule has 1 N–H and O–H groups in total. The molecule has 0 saturated heterocycles. The van der Waals surface area contributed by atoms with Crippen LogP contribution in [-0.2, 0) is 19.9 Å². The highest BCUT2D eigenvalue weighted by molar-refractivity contribution is 5.59. The van der Waals surface area contributed by atoms with E-state index in [0.29, 0.717) is 11.6 Å². The standard InChI is InChI=1S/C23H28FN3/c1-17-6-7-20(16-22(17)24)15-18(2)25-13-4-5-19-8-10-21(11-9-19)23-12-14-26-27(23)3/h6-12,14,16,18,25H,4-5,13,15H2,1-3H3. The molecule has 0 amide bonds. The van der Waals surface area contributed by atoms with Crippen LogP contribution in [0.15, 0.2) is 54.7 Å². The number of hydrogen-bond acceptors (Lipinski definition) is 2. The summed E-state index contributed by atoms with van der Waals surface area (Å²) < 4.78 is 15.5. The minimum atomic E-state index is -0.116. The van der Waals surface area contributed by atoms with Crippen molar-refractivity contribution in [3.05, 3.63) is 77.2 Å². The highest BCUT2D eigenvalue weighted by Gasteiger charge is 2.06. The highest BCUT2D eigenvalue weighted by Crippen LogP contribution is 2.19. The second-order valence-corrected chi connectivity index (χ2v) is 7.28. The van der Waals surface area contributed by atoms with Gasteiger partial charge in [-0.1, -0.05) is 36.4 Å². The van der Waals surface area contributed by atoms with Crippen LogP contribution in [0, 0.1) is 12.7 Å². The summed E-state index contributed by atoms with van der Waals surface area (Å²) in [6.07, 6.45) is 4.79. The number of hydrogen-bond donors (Lipinski definition) is 1. The summed E-state index contributed by atoms with van der Waals surface area (Å²) in [4.78, 5) is 0. The lowest BCUT2D eigenvalue weighted by Crippen LogP contribution is -2.29. The molecule has 0 spiro atoms. The Morgan fingerprint density at radius 3 is 2.48 bits per heavy atom. The van der Waals surface area contributed by atoms with Gasteiger partial charge in [-0.25, -0.2) is 4.39 Å². The van der Waals surface area contributed by atoms with Crippen LogP contribution >= 0.6 is 0 Å². The SMILES string of the molecule is Cc1ccc(CC(C)NCCCc2ccc(-c3ccnn3C)cc2)cc1F. The number of benzene rings is 2. The van der Waals surface area contributed by atoms with Crippen molar-refractivity contribution in [3.63, 3.8) is 0 Å². The highest BCUT2D eigenvalue weighted by atomic mass is 19.1. The Hall–Kier alpha value is -2.46. The Morgan fingerprint density at radius 1 is 1.07 bits per heavy atom. The fourth-order valence-electron chi connectivity index (χ4n) is 3.33. The first-order valence-electron chi connectivity index (χ1n) is 9.58. The van der Waals surface area contributed by atoms with E-state index in [1.807, 2.05) is 36.1 Å². The second-order valence-electron chi connectivity index (χ2n) is 7.28. The molecule has 3 rings (SSSR count). The number of nitrogens with zero attached hydrogens (tertiary/aromatic N) is 2. The van der Waals surface area contributed by atoms with Gasteiger partial charge in [-0.15, -0.1) is 0 Å². The maximum atomic E-state index is 13.6. The lowest BCUT2D eigenvalue weighted by atomic mass is 10.0. The second kappa shape index (κ2) is 8.96. The average Bonchev–Trinajstić information content (AvgIpc) is 3.08. The van der Waals surface area contributed by atoms with Gasteiger partial charge in [0.05, 0.1) is 5.69 Å². The minimum absolute atomic E-state index is 0.116. The van der Waals surface area contributed by atoms with Crippen LogP contribution in [0.3, 0.4) is 0 Å². The topological polar surface area (TPSA) is 29.9 Å². The van der Waals surface area contributed by atoms with Crippen molar-refractivity contribution < 1.29 is 4.39 Å². The number of nitrogens with one attached hydrogen (secondary N) is 1. The summed E-state index contributed by atoms with van der Waals surface area (Å²) in [6, 6.07) is 16.6. The Balaban J connectivity index is 1.42. The maximum Gasteiger partial charge on any atom is 0.126 e. The van der Waals surface area contributed by atoms with Gasteiger partial charge in [0.25, 0.3) is 0 Å². The molecule has 3 aromatic rings. The van der Waals surface area contributed by atoms with E-state index in [0.717, 1.165) is 37.1 Å². The number of aryl methyl sites for hydroxylation is 3. The first-order chi connectivity index (χ1) is 13.0. The zero-order chi connectivity index (χ0) is 19.2. The predicted molar refractivity (Wildman–Crippen MR) is 109 cm³/mol. The van der Waals surface area contributed by atoms with E-state index in [4.69, 9.17) is 0 Å². The quantitative estimate of drug-likeness (QED) is 0.587. The molecule has 0 saturated carbocycles. The van der Waals surface area contributed by atoms with Gasteiger partial charge in [0.2, 0.25) is 0 Å². The van der Waals surface area contributed by atoms with E-state index < -0.39 is 0 Å². The van der Waals surface area contributed by atoms with Gasteiger partial charge < -0.3 is 5.32 Å². The van der Waals surface area contributed by atoms with Gasteiger partial charge in [0, 0.05) is 19.3 Å². The zero-order valence-electron chi connectivity index (χ0n) is 16.4. The molecule has 142 valence electrons. The Morgan fingerprint density at radius 2 is 1.81 bits per heavy atom. The summed E-state index contributed by atoms with van der Waals surface area (Å²) in [5.41, 5.74) is 5.41. The van der Waals surface area contributed by atoms with E-state index in [1.165, 1.54) is 11.1 Å². The van der Waals surface area contributed by atoms with Gasteiger partial charge in [-0.2, -0.15) is 5.10 Å². The molecular weight excluding hydrogens is 337 g/mol. The van der Waals surface area contributed by atoms with Crippen molar-refractivity contribution in [3.8, 4) is 11.3 Å². The third kappa shape index (κ3) is 5.27. The Labute approximate surface area is 161 Å². The maximum absolute atomic E-state index is 13.6. The van der Waals surface area contributed by atoms with Gasteiger partial charge in [-0.3, -0.25) is 4.68 Å². The predicted octanol–water partition coefficient (Wildman–Crippen LogP) is 4.69. The molecule has 3 nitrogen and oxygen atoms in total. The number of aromatic nitrogens is 2. The van der Waals surface area contributed by atoms with Gasteiger partial charge in [0.15, 0.2) is 0 Å². The van der Waals surface area contributed by atoms with Gasteiger partial charge in [-0.05, 0) is 74.0 Å². The fraction of sp³-hybridized carbons (Fsp3) is 0.348. The molecule has 1 aromatic heterocycles. The lowest BCUT2D eigenvalue weighted by Gasteiger charge is -2.14. The molecule has 0 aliphatic heterocycles. The summed E-state index contributed by atoms with van der Waals surface area (Å²) in [5, 5.41) is 7.76. The minimum Gasteiger partial charge on any atom is -0.314 e. The van der Waals surface area contributed by atoms with E-state index in [-0.39, 0.29) is 5.82 Å². The van der Waals surface area contributed by atoms with Gasteiger partial charge >= 0.3 is 0 Å². The molecule has 0 radical (unpaired) electrons. The summed E-state index contributed by atoms with van der Waals surface area (Å²) in [6.45, 7) is 4.91. The molecule has 0 aliphatic rings. The smallest absolute Gasteiger partial charge is 0.126 e. The van der Waals surface area contributed by atoms with Crippen molar-refractivity contribution >= 4 is 0 Å². The molecule has 1 heterocycles. The first-order valence-corrected chi connectivity index (χ1v) is 9.58. The van der Waals surface area contributed by atoms with Crippen LogP contribution in [0.1, 0.15) is 30.0 Å². The lowest BCUT2D eigenvalue weighted by molar-refractivity contribution is 0.531. The molecule has 1 unspecified atom stereocenters. The van der Waals surface area contributed by atoms with E-state index in [9.17, 15) is 4.39 Å². The van der Waals surface area contributed by atoms with Crippen molar-refractivity contribution in [2.24, 2.45) is 7.05 Å². The van der Waals surface area contributed by atoms with Crippen molar-refractivity contribution in [1.29, 1.82) is 0 Å². The van der Waals surface area contributed by atoms with Crippen molar-refractivity contribution in [2.45, 2.75) is 39.2 Å². The van der Waals surface area contributed by atoms with E-state index >= 15 is 0 Å². The number of halogens is 1. The molecule has 1 atom stereocenters. The first kappa shape index (κ1) is 19.3. The van der Waals surface area contributed by atoms with Crippen LogP contribution in [0.2, 0.25) is 0 Å². The van der Waals surface area contributed by atoms with Crippen molar-refractivity contribution in [2.75, 3.05) is 6.54 Å². The molecule has 2 aromatic carbocycles. The van der Waals surface area contributed by atoms with Crippen LogP contribution in [0.25, 0.3) is 11.3 Å². The number of rotatable bonds is 8. The Kier molecular flexibility index (Phi) is 6.40. The van der Waals surface area contributed by atoms with Gasteiger partial charge in [0.1, 0.15) is 5.82 Å². The average molecular weight is 365 g/mol. The third-order valence-electron chi connectivity index (χ3n) is 4.98. The third-order valence-corrected chi connectivity index (χ3v) is 4.98. The monoisotopic (exact) mass is 365 g/mol. The molecule has 0 bridgehead atoms. The summed E-state index contributed by atoms with van der Waals surface area (Å²) in [7, 11) is 1.96. The zero-order valence-corrected chi connectivity index (χ0v) is 16.4. The Bertz CT molecular complexity index is 868. The largest absolute Gasteiger partial charge is 0.314 e. The van der Waals surface area contributed by atoms with E-state index in [2.05, 4.69) is 41.6 Å². The molecule has 27 heavy (non-hydrogen) atoms. The van der Waals surface area contributed by atoms with Crippen LogP contribution < -0.4 is 5.32 Å². The summed E-state index contributed by atoms with van der Waals surface area (Å²) >= 11 is 0. The molecule has 4 heteroatoms.